The van der Waals surface area contributed by atoms with E-state index in [9.17, 15) is 0 Å². The van der Waals surface area contributed by atoms with Crippen LogP contribution in [0.5, 0.6) is 0 Å². The Hall–Kier alpha value is -0.950. The van der Waals surface area contributed by atoms with Crippen LogP contribution in [0, 0.1) is 13.8 Å². The number of anilines is 1. The van der Waals surface area contributed by atoms with Gasteiger partial charge in [0.25, 0.3) is 0 Å². The standard InChI is InChI=1S/C16H23N5S.2ClH/c1-4-13-15(22-11(3)21-13)9-18-16-12-5-7-17-8-6-14(12)19-10(2)20-16;;/h17H,4-9H2,1-3H3,(H,18,19,20);2*1H. The van der Waals surface area contributed by atoms with E-state index in [1.165, 1.54) is 21.8 Å². The van der Waals surface area contributed by atoms with Crippen molar-refractivity contribution in [2.24, 2.45) is 0 Å². The van der Waals surface area contributed by atoms with Crippen LogP contribution in [0.2, 0.25) is 0 Å². The Kier molecular flexibility index (Phi) is 8.36. The van der Waals surface area contributed by atoms with Crippen molar-refractivity contribution in [3.05, 3.63) is 32.7 Å². The first-order valence-electron chi connectivity index (χ1n) is 7.93. The van der Waals surface area contributed by atoms with Crippen LogP contribution in [0.1, 0.15) is 39.6 Å². The summed E-state index contributed by atoms with van der Waals surface area (Å²) in [5, 5.41) is 8.10. The molecule has 0 bridgehead atoms. The third kappa shape index (κ3) is 4.79. The summed E-state index contributed by atoms with van der Waals surface area (Å²) in [6.45, 7) is 8.98. The second-order valence-corrected chi connectivity index (χ2v) is 6.89. The normalized spacial score (nSPS) is 13.3. The monoisotopic (exact) mass is 389 g/mol. The largest absolute Gasteiger partial charge is 0.365 e. The van der Waals surface area contributed by atoms with E-state index in [4.69, 9.17) is 0 Å². The summed E-state index contributed by atoms with van der Waals surface area (Å²) in [7, 11) is 0. The molecule has 24 heavy (non-hydrogen) atoms. The molecule has 0 unspecified atom stereocenters. The fraction of sp³-hybridized carbons (Fsp3) is 0.562. The lowest BCUT2D eigenvalue weighted by Crippen LogP contribution is -2.16. The van der Waals surface area contributed by atoms with E-state index in [0.29, 0.717) is 0 Å². The van der Waals surface area contributed by atoms with Gasteiger partial charge in [-0.25, -0.2) is 15.0 Å². The van der Waals surface area contributed by atoms with Crippen molar-refractivity contribution in [3.63, 3.8) is 0 Å². The molecule has 0 fully saturated rings. The number of halogens is 2. The molecule has 134 valence electrons. The Balaban J connectivity index is 0.00000144. The SMILES string of the molecule is CCc1nc(C)sc1CNc1nc(C)nc2c1CCNCC2.Cl.Cl. The van der Waals surface area contributed by atoms with Gasteiger partial charge in [0.1, 0.15) is 11.6 Å². The van der Waals surface area contributed by atoms with Crippen LogP contribution in [0.3, 0.4) is 0 Å². The van der Waals surface area contributed by atoms with Crippen molar-refractivity contribution in [2.75, 3.05) is 18.4 Å². The van der Waals surface area contributed by atoms with Gasteiger partial charge in [0.05, 0.1) is 22.9 Å². The fourth-order valence-corrected chi connectivity index (χ4v) is 3.87. The molecule has 3 rings (SSSR count). The Morgan fingerprint density at radius 2 is 1.83 bits per heavy atom. The minimum Gasteiger partial charge on any atom is -0.365 e. The van der Waals surface area contributed by atoms with Crippen LogP contribution < -0.4 is 10.6 Å². The van der Waals surface area contributed by atoms with Gasteiger partial charge in [0.2, 0.25) is 0 Å². The zero-order valence-electron chi connectivity index (χ0n) is 14.3. The van der Waals surface area contributed by atoms with Crippen molar-refractivity contribution in [1.29, 1.82) is 0 Å². The molecule has 3 heterocycles. The van der Waals surface area contributed by atoms with Gasteiger partial charge in [-0.1, -0.05) is 6.92 Å². The minimum absolute atomic E-state index is 0. The predicted octanol–water partition coefficient (Wildman–Crippen LogP) is 3.26. The molecule has 5 nitrogen and oxygen atoms in total. The highest BCUT2D eigenvalue weighted by molar-refractivity contribution is 7.11. The second kappa shape index (κ2) is 9.51. The van der Waals surface area contributed by atoms with Crippen molar-refractivity contribution < 1.29 is 0 Å². The van der Waals surface area contributed by atoms with Crippen LogP contribution in [0.4, 0.5) is 5.82 Å². The lowest BCUT2D eigenvalue weighted by molar-refractivity contribution is 0.708. The van der Waals surface area contributed by atoms with E-state index in [1.54, 1.807) is 11.3 Å². The topological polar surface area (TPSA) is 62.7 Å². The van der Waals surface area contributed by atoms with Crippen LogP contribution >= 0.6 is 36.2 Å². The maximum atomic E-state index is 4.64. The van der Waals surface area contributed by atoms with Gasteiger partial charge < -0.3 is 10.6 Å². The zero-order valence-corrected chi connectivity index (χ0v) is 16.8. The minimum atomic E-state index is 0. The molecular formula is C16H25Cl2N5S. The third-order valence-corrected chi connectivity index (χ3v) is 4.94. The number of hydrogen-bond donors (Lipinski definition) is 2. The van der Waals surface area contributed by atoms with Crippen molar-refractivity contribution >= 4 is 42.0 Å². The molecule has 0 atom stereocenters. The van der Waals surface area contributed by atoms with Gasteiger partial charge >= 0.3 is 0 Å². The number of thiazole rings is 1. The first-order valence-corrected chi connectivity index (χ1v) is 8.75. The molecule has 0 aromatic carbocycles. The first-order chi connectivity index (χ1) is 10.7. The molecule has 0 radical (unpaired) electrons. The summed E-state index contributed by atoms with van der Waals surface area (Å²) in [5.74, 6) is 1.85. The van der Waals surface area contributed by atoms with Gasteiger partial charge in [-0.2, -0.15) is 0 Å². The Labute approximate surface area is 159 Å². The summed E-state index contributed by atoms with van der Waals surface area (Å²) in [6.07, 6.45) is 2.94. The number of aryl methyl sites for hydroxylation is 3. The maximum Gasteiger partial charge on any atom is 0.133 e. The summed E-state index contributed by atoms with van der Waals surface area (Å²) >= 11 is 1.77. The van der Waals surface area contributed by atoms with E-state index in [0.717, 1.165) is 55.5 Å². The highest BCUT2D eigenvalue weighted by Gasteiger charge is 2.16. The molecule has 0 amide bonds. The first kappa shape index (κ1) is 21.1. The van der Waals surface area contributed by atoms with E-state index >= 15 is 0 Å². The Bertz CT molecular complexity index is 675. The summed E-state index contributed by atoms with van der Waals surface area (Å²) in [5.41, 5.74) is 3.67. The number of nitrogens with one attached hydrogen (secondary N) is 2. The number of rotatable bonds is 4. The number of hydrogen-bond acceptors (Lipinski definition) is 6. The smallest absolute Gasteiger partial charge is 0.133 e. The zero-order chi connectivity index (χ0) is 15.5. The van der Waals surface area contributed by atoms with Crippen molar-refractivity contribution in [1.82, 2.24) is 20.3 Å². The Morgan fingerprint density at radius 1 is 1.08 bits per heavy atom. The van der Waals surface area contributed by atoms with Crippen LogP contribution in [0.25, 0.3) is 0 Å². The van der Waals surface area contributed by atoms with Gasteiger partial charge in [-0.3, -0.25) is 0 Å². The van der Waals surface area contributed by atoms with E-state index in [2.05, 4.69) is 39.4 Å². The number of nitrogens with zero attached hydrogens (tertiary/aromatic N) is 3. The van der Waals surface area contributed by atoms with E-state index in [1.807, 2.05) is 6.92 Å². The van der Waals surface area contributed by atoms with Gasteiger partial charge in [0.15, 0.2) is 0 Å². The van der Waals surface area contributed by atoms with E-state index in [-0.39, 0.29) is 24.8 Å². The lowest BCUT2D eigenvalue weighted by Gasteiger charge is -2.13. The van der Waals surface area contributed by atoms with E-state index < -0.39 is 0 Å². The van der Waals surface area contributed by atoms with Gasteiger partial charge in [-0.05, 0) is 33.2 Å². The Morgan fingerprint density at radius 3 is 2.58 bits per heavy atom. The lowest BCUT2D eigenvalue weighted by atomic mass is 10.1. The molecule has 0 saturated heterocycles. The molecule has 2 N–H and O–H groups in total. The summed E-state index contributed by atoms with van der Waals surface area (Å²) in [4.78, 5) is 15.2. The molecule has 0 spiro atoms. The summed E-state index contributed by atoms with van der Waals surface area (Å²) in [6, 6.07) is 0. The van der Waals surface area contributed by atoms with Crippen LogP contribution in [-0.4, -0.2) is 28.0 Å². The van der Waals surface area contributed by atoms with Gasteiger partial charge in [-0.15, -0.1) is 36.2 Å². The highest BCUT2D eigenvalue weighted by Crippen LogP contribution is 2.23. The maximum absolute atomic E-state index is 4.64. The molecule has 2 aromatic heterocycles. The summed E-state index contributed by atoms with van der Waals surface area (Å²) < 4.78 is 0. The molecule has 8 heteroatoms. The number of aromatic nitrogens is 3. The molecule has 0 saturated carbocycles. The quantitative estimate of drug-likeness (QED) is 0.839. The fourth-order valence-electron chi connectivity index (χ4n) is 2.91. The number of fused-ring (bicyclic) bond motifs is 1. The van der Waals surface area contributed by atoms with Crippen LogP contribution in [0.15, 0.2) is 0 Å². The van der Waals surface area contributed by atoms with Crippen LogP contribution in [-0.2, 0) is 25.8 Å². The predicted molar refractivity (Wildman–Crippen MR) is 105 cm³/mol. The second-order valence-electron chi connectivity index (χ2n) is 5.60. The molecule has 1 aliphatic heterocycles. The molecule has 2 aromatic rings. The third-order valence-electron chi connectivity index (χ3n) is 3.93. The molecular weight excluding hydrogens is 365 g/mol. The van der Waals surface area contributed by atoms with Gasteiger partial charge in [0, 0.05) is 23.4 Å². The van der Waals surface area contributed by atoms with Crippen molar-refractivity contribution in [3.8, 4) is 0 Å². The van der Waals surface area contributed by atoms with Crippen molar-refractivity contribution in [2.45, 2.75) is 46.6 Å². The average Bonchev–Trinajstić information content (AvgIpc) is 2.69. The average molecular weight is 390 g/mol. The highest BCUT2D eigenvalue weighted by atomic mass is 35.5. The molecule has 0 aliphatic carbocycles. The molecule has 1 aliphatic rings.